The van der Waals surface area contributed by atoms with E-state index in [0.717, 1.165) is 19.3 Å². The second-order valence-corrected chi connectivity index (χ2v) is 6.54. The van der Waals surface area contributed by atoms with Gasteiger partial charge in [0.2, 0.25) is 5.91 Å². The lowest BCUT2D eigenvalue weighted by Gasteiger charge is -2.36. The molecular weight excluding hydrogens is 322 g/mol. The highest BCUT2D eigenvalue weighted by molar-refractivity contribution is 6.05. The number of aromatic carboxylic acids is 2. The Bertz CT molecular complexity index is 881. The van der Waals surface area contributed by atoms with Gasteiger partial charge in [0.15, 0.2) is 0 Å². The number of carbonyl (C=O) groups is 3. The highest BCUT2D eigenvalue weighted by Gasteiger charge is 2.43. The third-order valence-corrected chi connectivity index (χ3v) is 5.15. The van der Waals surface area contributed by atoms with Crippen LogP contribution >= 0.6 is 0 Å². The molecule has 130 valence electrons. The van der Waals surface area contributed by atoms with Crippen molar-refractivity contribution in [3.05, 3.63) is 47.0 Å². The Hall–Kier alpha value is -2.89. The highest BCUT2D eigenvalue weighted by Crippen LogP contribution is 2.44. The standard InChI is InChI=1S/C19H19NO5/c20-18(25)19(8-2-1-3-9-19)15-13-6-5-12(16(21)22)10-11(13)4-7-14(15)17(23)24/h4-7,10H,1-3,8-9H2,(H2,20,25)(H,21,22)(H,23,24). The molecule has 0 radical (unpaired) electrons. The summed E-state index contributed by atoms with van der Waals surface area (Å²) in [6, 6.07) is 7.51. The summed E-state index contributed by atoms with van der Waals surface area (Å²) < 4.78 is 0. The number of nitrogens with two attached hydrogens (primary N) is 1. The molecule has 1 fully saturated rings. The number of rotatable bonds is 4. The van der Waals surface area contributed by atoms with Gasteiger partial charge in [0.05, 0.1) is 16.5 Å². The molecule has 0 atom stereocenters. The lowest BCUT2D eigenvalue weighted by molar-refractivity contribution is -0.124. The van der Waals surface area contributed by atoms with Gasteiger partial charge in [-0.1, -0.05) is 31.4 Å². The monoisotopic (exact) mass is 341 g/mol. The maximum atomic E-state index is 12.4. The molecule has 0 unspecified atom stereocenters. The first-order valence-electron chi connectivity index (χ1n) is 8.20. The molecule has 2 aromatic carbocycles. The van der Waals surface area contributed by atoms with Crippen molar-refractivity contribution in [2.75, 3.05) is 0 Å². The molecular formula is C19H19NO5. The molecule has 1 amide bonds. The molecule has 0 aliphatic heterocycles. The second kappa shape index (κ2) is 6.20. The van der Waals surface area contributed by atoms with Crippen molar-refractivity contribution in [1.82, 2.24) is 0 Å². The van der Waals surface area contributed by atoms with Crippen LogP contribution in [0.1, 0.15) is 58.4 Å². The quantitative estimate of drug-likeness (QED) is 0.790. The fraction of sp³-hybridized carbons (Fsp3) is 0.316. The Kier molecular flexibility index (Phi) is 4.20. The Morgan fingerprint density at radius 3 is 2.16 bits per heavy atom. The predicted molar refractivity (Wildman–Crippen MR) is 91.8 cm³/mol. The van der Waals surface area contributed by atoms with Crippen LogP contribution in [0, 0.1) is 0 Å². The van der Waals surface area contributed by atoms with Gasteiger partial charge in [-0.15, -0.1) is 0 Å². The van der Waals surface area contributed by atoms with Gasteiger partial charge < -0.3 is 15.9 Å². The van der Waals surface area contributed by atoms with Crippen LogP contribution in [-0.4, -0.2) is 28.1 Å². The molecule has 1 aliphatic rings. The number of hydrogen-bond donors (Lipinski definition) is 3. The molecule has 6 heteroatoms. The fourth-order valence-corrected chi connectivity index (χ4v) is 3.93. The lowest BCUT2D eigenvalue weighted by atomic mass is 9.66. The van der Waals surface area contributed by atoms with Crippen molar-refractivity contribution in [2.45, 2.75) is 37.5 Å². The molecule has 0 spiro atoms. The first-order valence-corrected chi connectivity index (χ1v) is 8.20. The van der Waals surface area contributed by atoms with Gasteiger partial charge in [-0.05, 0) is 47.4 Å². The third-order valence-electron chi connectivity index (χ3n) is 5.15. The van der Waals surface area contributed by atoms with Crippen molar-refractivity contribution in [2.24, 2.45) is 5.73 Å². The van der Waals surface area contributed by atoms with Crippen molar-refractivity contribution in [1.29, 1.82) is 0 Å². The van der Waals surface area contributed by atoms with E-state index in [1.165, 1.54) is 18.2 Å². The molecule has 6 nitrogen and oxygen atoms in total. The van der Waals surface area contributed by atoms with Crippen molar-refractivity contribution < 1.29 is 24.6 Å². The van der Waals surface area contributed by atoms with E-state index in [1.54, 1.807) is 12.1 Å². The maximum absolute atomic E-state index is 12.4. The Balaban J connectivity index is 2.36. The van der Waals surface area contributed by atoms with Crippen LogP contribution in [0.4, 0.5) is 0 Å². The van der Waals surface area contributed by atoms with Crippen LogP contribution < -0.4 is 5.73 Å². The first-order chi connectivity index (χ1) is 11.9. The molecule has 0 heterocycles. The average molecular weight is 341 g/mol. The van der Waals surface area contributed by atoms with Gasteiger partial charge in [0.25, 0.3) is 0 Å². The van der Waals surface area contributed by atoms with Crippen LogP contribution in [0.5, 0.6) is 0 Å². The number of carbonyl (C=O) groups excluding carboxylic acids is 1. The van der Waals surface area contributed by atoms with E-state index in [-0.39, 0.29) is 11.1 Å². The summed E-state index contributed by atoms with van der Waals surface area (Å²) in [5.74, 6) is -2.71. The predicted octanol–water partition coefficient (Wildman–Crippen LogP) is 2.92. The Morgan fingerprint density at radius 2 is 1.60 bits per heavy atom. The summed E-state index contributed by atoms with van der Waals surface area (Å²) >= 11 is 0. The van der Waals surface area contributed by atoms with E-state index in [4.69, 9.17) is 5.73 Å². The smallest absolute Gasteiger partial charge is 0.336 e. The number of fused-ring (bicyclic) bond motifs is 1. The molecule has 2 aromatic rings. The van der Waals surface area contributed by atoms with E-state index < -0.39 is 23.3 Å². The van der Waals surface area contributed by atoms with Crippen LogP contribution in [0.3, 0.4) is 0 Å². The van der Waals surface area contributed by atoms with Crippen LogP contribution in [0.15, 0.2) is 30.3 Å². The van der Waals surface area contributed by atoms with E-state index in [0.29, 0.717) is 29.2 Å². The first kappa shape index (κ1) is 17.0. The van der Waals surface area contributed by atoms with Crippen molar-refractivity contribution in [3.63, 3.8) is 0 Å². The molecule has 0 aromatic heterocycles. The minimum absolute atomic E-state index is 0.0521. The summed E-state index contributed by atoms with van der Waals surface area (Å²) in [4.78, 5) is 35.4. The number of hydrogen-bond acceptors (Lipinski definition) is 3. The van der Waals surface area contributed by atoms with Crippen molar-refractivity contribution in [3.8, 4) is 0 Å². The van der Waals surface area contributed by atoms with Gasteiger partial charge in [0, 0.05) is 0 Å². The van der Waals surface area contributed by atoms with Gasteiger partial charge in [-0.25, -0.2) is 9.59 Å². The van der Waals surface area contributed by atoms with Crippen LogP contribution in [0.25, 0.3) is 10.8 Å². The topological polar surface area (TPSA) is 118 Å². The number of carboxylic acids is 2. The summed E-state index contributed by atoms with van der Waals surface area (Å²) in [5, 5.41) is 20.0. The van der Waals surface area contributed by atoms with E-state index in [9.17, 15) is 24.6 Å². The Labute approximate surface area is 144 Å². The third kappa shape index (κ3) is 2.73. The zero-order chi connectivity index (χ0) is 18.2. The van der Waals surface area contributed by atoms with E-state index in [2.05, 4.69) is 0 Å². The van der Waals surface area contributed by atoms with Gasteiger partial charge >= 0.3 is 11.9 Å². The largest absolute Gasteiger partial charge is 0.478 e. The normalized spacial score (nSPS) is 16.5. The summed E-state index contributed by atoms with van der Waals surface area (Å²) in [6.45, 7) is 0. The molecule has 3 rings (SSSR count). The number of benzene rings is 2. The van der Waals surface area contributed by atoms with Gasteiger partial charge in [-0.3, -0.25) is 4.79 Å². The lowest BCUT2D eigenvalue weighted by Crippen LogP contribution is -2.44. The minimum atomic E-state index is -1.12. The zero-order valence-electron chi connectivity index (χ0n) is 13.6. The minimum Gasteiger partial charge on any atom is -0.478 e. The number of amides is 1. The molecule has 25 heavy (non-hydrogen) atoms. The number of carboxylic acid groups (broad SMARTS) is 2. The zero-order valence-corrected chi connectivity index (χ0v) is 13.6. The average Bonchev–Trinajstić information content (AvgIpc) is 2.60. The van der Waals surface area contributed by atoms with Crippen LogP contribution in [0.2, 0.25) is 0 Å². The fourth-order valence-electron chi connectivity index (χ4n) is 3.93. The summed E-state index contributed by atoms with van der Waals surface area (Å²) in [6.07, 6.45) is 3.58. The highest BCUT2D eigenvalue weighted by atomic mass is 16.4. The van der Waals surface area contributed by atoms with Crippen molar-refractivity contribution >= 4 is 28.6 Å². The molecule has 1 aliphatic carbocycles. The molecule has 0 saturated heterocycles. The molecule has 0 bridgehead atoms. The van der Waals surface area contributed by atoms with Gasteiger partial charge in [0.1, 0.15) is 0 Å². The van der Waals surface area contributed by atoms with E-state index >= 15 is 0 Å². The maximum Gasteiger partial charge on any atom is 0.336 e. The van der Waals surface area contributed by atoms with Crippen LogP contribution in [-0.2, 0) is 10.2 Å². The molecule has 4 N–H and O–H groups in total. The SMILES string of the molecule is NC(=O)C1(c2c(C(=O)O)ccc3cc(C(=O)O)ccc23)CCCCC1. The molecule has 1 saturated carbocycles. The summed E-state index contributed by atoms with van der Waals surface area (Å²) in [7, 11) is 0. The van der Waals surface area contributed by atoms with E-state index in [1.807, 2.05) is 0 Å². The number of primary amides is 1. The Morgan fingerprint density at radius 1 is 0.920 bits per heavy atom. The second-order valence-electron chi connectivity index (χ2n) is 6.54. The summed E-state index contributed by atoms with van der Waals surface area (Å²) in [5.41, 5.74) is 5.29. The van der Waals surface area contributed by atoms with Gasteiger partial charge in [-0.2, -0.15) is 0 Å².